The highest BCUT2D eigenvalue weighted by Gasteiger charge is 2.30. The molecule has 1 aliphatic rings. The van der Waals surface area contributed by atoms with Gasteiger partial charge >= 0.3 is 0 Å². The van der Waals surface area contributed by atoms with Crippen LogP contribution in [0.2, 0.25) is 0 Å². The molecule has 9 heteroatoms. The topological polar surface area (TPSA) is 74.2 Å². The van der Waals surface area contributed by atoms with Gasteiger partial charge in [0.2, 0.25) is 10.0 Å². The third-order valence-corrected chi connectivity index (χ3v) is 6.06. The van der Waals surface area contributed by atoms with Crippen LogP contribution in [-0.4, -0.2) is 75.3 Å². The van der Waals surface area contributed by atoms with Gasteiger partial charge in [0.25, 0.3) is 0 Å². The lowest BCUT2D eigenvalue weighted by Crippen LogP contribution is -2.50. The first-order valence-electron chi connectivity index (χ1n) is 8.91. The molecule has 0 bridgehead atoms. The number of nitrogens with zero attached hydrogens (tertiary/aromatic N) is 3. The minimum Gasteiger partial charge on any atom is -0.373 e. The van der Waals surface area contributed by atoms with Gasteiger partial charge in [0.05, 0.1) is 18.0 Å². The van der Waals surface area contributed by atoms with Crippen molar-refractivity contribution >= 4 is 40.0 Å². The summed E-state index contributed by atoms with van der Waals surface area (Å²) in [6.45, 7) is 5.64. The predicted molar refractivity (Wildman–Crippen MR) is 120 cm³/mol. The summed E-state index contributed by atoms with van der Waals surface area (Å²) in [4.78, 5) is 6.22. The average molecular weight is 510 g/mol. The highest BCUT2D eigenvalue weighted by molar-refractivity contribution is 14.0. The van der Waals surface area contributed by atoms with Gasteiger partial charge < -0.3 is 15.0 Å². The fourth-order valence-electron chi connectivity index (χ4n) is 3.10. The zero-order valence-corrected chi connectivity index (χ0v) is 19.6. The zero-order chi connectivity index (χ0) is 19.2. The van der Waals surface area contributed by atoms with E-state index in [1.54, 1.807) is 7.05 Å². The summed E-state index contributed by atoms with van der Waals surface area (Å²) in [6.07, 6.45) is -0.155. The SMILES string of the molecule is CN=C(NCCS(=O)(=O)N1CC(C)OC(C)C1)N(C)Cc1ccccc1.I. The van der Waals surface area contributed by atoms with E-state index in [0.29, 0.717) is 32.1 Å². The molecule has 1 fully saturated rings. The number of halogens is 1. The molecule has 0 spiro atoms. The summed E-state index contributed by atoms with van der Waals surface area (Å²) in [5.41, 5.74) is 1.17. The quantitative estimate of drug-likeness (QED) is 0.359. The van der Waals surface area contributed by atoms with Gasteiger partial charge in [-0.1, -0.05) is 30.3 Å². The standard InChI is InChI=1S/C18H30N4O3S.HI/c1-15-12-22(13-16(2)25-15)26(23,24)11-10-20-18(19-3)21(4)14-17-8-6-5-7-9-17;/h5-9,15-16H,10-14H2,1-4H3,(H,19,20);1H. The number of rotatable bonds is 6. The van der Waals surface area contributed by atoms with Crippen molar-refractivity contribution < 1.29 is 13.2 Å². The number of aliphatic imine (C=N–C) groups is 1. The predicted octanol–water partition coefficient (Wildman–Crippen LogP) is 1.75. The maximum atomic E-state index is 12.6. The normalized spacial score (nSPS) is 21.4. The summed E-state index contributed by atoms with van der Waals surface area (Å²) in [5, 5.41) is 3.15. The van der Waals surface area contributed by atoms with E-state index in [0.717, 1.165) is 0 Å². The van der Waals surface area contributed by atoms with Crippen LogP contribution in [0.1, 0.15) is 19.4 Å². The summed E-state index contributed by atoms with van der Waals surface area (Å²) in [6, 6.07) is 10.1. The second-order valence-corrected chi connectivity index (χ2v) is 8.79. The van der Waals surface area contributed by atoms with E-state index in [4.69, 9.17) is 4.74 Å². The molecule has 0 amide bonds. The highest BCUT2D eigenvalue weighted by atomic mass is 127. The lowest BCUT2D eigenvalue weighted by Gasteiger charge is -2.34. The lowest BCUT2D eigenvalue weighted by atomic mass is 10.2. The summed E-state index contributed by atoms with van der Waals surface area (Å²) < 4.78 is 32.3. The van der Waals surface area contributed by atoms with E-state index in [-0.39, 0.29) is 41.9 Å². The van der Waals surface area contributed by atoms with Crippen LogP contribution in [0, 0.1) is 0 Å². The fourth-order valence-corrected chi connectivity index (χ4v) is 4.59. The first-order chi connectivity index (χ1) is 12.3. The third-order valence-electron chi connectivity index (χ3n) is 4.26. The maximum Gasteiger partial charge on any atom is 0.216 e. The van der Waals surface area contributed by atoms with Crippen molar-refractivity contribution in [2.45, 2.75) is 32.6 Å². The second kappa shape index (κ2) is 11.2. The number of hydrogen-bond donors (Lipinski definition) is 1. The van der Waals surface area contributed by atoms with Crippen molar-refractivity contribution in [2.24, 2.45) is 4.99 Å². The van der Waals surface area contributed by atoms with Gasteiger partial charge in [-0.25, -0.2) is 8.42 Å². The minimum absolute atomic E-state index is 0. The number of hydrogen-bond acceptors (Lipinski definition) is 4. The maximum absolute atomic E-state index is 12.6. The van der Waals surface area contributed by atoms with Gasteiger partial charge in [0.15, 0.2) is 5.96 Å². The van der Waals surface area contributed by atoms with E-state index in [2.05, 4.69) is 22.4 Å². The monoisotopic (exact) mass is 510 g/mol. The van der Waals surface area contributed by atoms with Crippen molar-refractivity contribution in [3.8, 4) is 0 Å². The zero-order valence-electron chi connectivity index (χ0n) is 16.5. The van der Waals surface area contributed by atoms with E-state index in [9.17, 15) is 8.42 Å². The van der Waals surface area contributed by atoms with Gasteiger partial charge in [-0.15, -0.1) is 24.0 Å². The highest BCUT2D eigenvalue weighted by Crippen LogP contribution is 2.14. The minimum atomic E-state index is -3.32. The molecule has 0 saturated carbocycles. The number of benzene rings is 1. The molecule has 1 aliphatic heterocycles. The van der Waals surface area contributed by atoms with Crippen LogP contribution in [0.5, 0.6) is 0 Å². The number of morpholine rings is 1. The Morgan fingerprint density at radius 2 is 1.85 bits per heavy atom. The molecular weight excluding hydrogens is 479 g/mol. The number of ether oxygens (including phenoxy) is 1. The van der Waals surface area contributed by atoms with Crippen LogP contribution < -0.4 is 5.32 Å². The van der Waals surface area contributed by atoms with Crippen molar-refractivity contribution in [3.05, 3.63) is 35.9 Å². The molecule has 2 atom stereocenters. The van der Waals surface area contributed by atoms with Gasteiger partial charge in [0, 0.05) is 40.3 Å². The van der Waals surface area contributed by atoms with Gasteiger partial charge in [-0.2, -0.15) is 4.31 Å². The summed E-state index contributed by atoms with van der Waals surface area (Å²) >= 11 is 0. The Balaban J connectivity index is 0.00000364. The largest absolute Gasteiger partial charge is 0.373 e. The Hall–Kier alpha value is -0.910. The Labute approximate surface area is 180 Å². The molecule has 0 aliphatic carbocycles. The average Bonchev–Trinajstić information content (AvgIpc) is 2.58. The molecule has 2 rings (SSSR count). The van der Waals surface area contributed by atoms with Crippen molar-refractivity contribution in [2.75, 3.05) is 39.5 Å². The first-order valence-corrected chi connectivity index (χ1v) is 10.5. The van der Waals surface area contributed by atoms with E-state index < -0.39 is 10.0 Å². The van der Waals surface area contributed by atoms with Crippen molar-refractivity contribution in [3.63, 3.8) is 0 Å². The van der Waals surface area contributed by atoms with Crippen LogP contribution in [0.15, 0.2) is 35.3 Å². The second-order valence-electron chi connectivity index (χ2n) is 6.71. The number of nitrogens with one attached hydrogen (secondary N) is 1. The third kappa shape index (κ3) is 7.55. The molecule has 1 heterocycles. The smallest absolute Gasteiger partial charge is 0.216 e. The Morgan fingerprint density at radius 1 is 1.26 bits per heavy atom. The van der Waals surface area contributed by atoms with Gasteiger partial charge in [-0.05, 0) is 19.4 Å². The molecule has 0 radical (unpaired) electrons. The van der Waals surface area contributed by atoms with E-state index >= 15 is 0 Å². The molecule has 2 unspecified atom stereocenters. The van der Waals surface area contributed by atoms with Crippen LogP contribution in [0.4, 0.5) is 0 Å². The molecule has 154 valence electrons. The van der Waals surface area contributed by atoms with Crippen LogP contribution in [0.3, 0.4) is 0 Å². The van der Waals surface area contributed by atoms with E-state index in [1.807, 2.05) is 44.0 Å². The molecule has 27 heavy (non-hydrogen) atoms. The van der Waals surface area contributed by atoms with Crippen LogP contribution in [-0.2, 0) is 21.3 Å². The molecule has 1 saturated heterocycles. The Kier molecular flexibility index (Phi) is 9.99. The molecule has 1 aromatic rings. The Morgan fingerprint density at radius 3 is 2.41 bits per heavy atom. The number of guanidine groups is 1. The van der Waals surface area contributed by atoms with Gasteiger partial charge in [-0.3, -0.25) is 4.99 Å². The van der Waals surface area contributed by atoms with E-state index in [1.165, 1.54) is 9.87 Å². The molecule has 1 N–H and O–H groups in total. The molecule has 1 aromatic carbocycles. The molecule has 0 aromatic heterocycles. The number of sulfonamides is 1. The molecule has 7 nitrogen and oxygen atoms in total. The summed E-state index contributed by atoms with van der Waals surface area (Å²) in [7, 11) is 0.310. The first kappa shape index (κ1) is 24.1. The van der Waals surface area contributed by atoms with Crippen molar-refractivity contribution in [1.29, 1.82) is 0 Å². The summed E-state index contributed by atoms with van der Waals surface area (Å²) in [5.74, 6) is 0.706. The van der Waals surface area contributed by atoms with Gasteiger partial charge in [0.1, 0.15) is 0 Å². The Bertz CT molecular complexity index is 690. The molecular formula is C18H31IN4O3S. The van der Waals surface area contributed by atoms with Crippen LogP contribution in [0.25, 0.3) is 0 Å². The lowest BCUT2D eigenvalue weighted by molar-refractivity contribution is -0.0440. The van der Waals surface area contributed by atoms with Crippen LogP contribution >= 0.6 is 24.0 Å². The van der Waals surface area contributed by atoms with Crippen molar-refractivity contribution in [1.82, 2.24) is 14.5 Å². The fraction of sp³-hybridized carbons (Fsp3) is 0.611.